The second-order valence-corrected chi connectivity index (χ2v) is 6.67. The molecule has 1 N–H and O–H groups in total. The molecule has 0 unspecified atom stereocenters. The zero-order valence-corrected chi connectivity index (χ0v) is 15.8. The third kappa shape index (κ3) is 3.78. The van der Waals surface area contributed by atoms with Crippen molar-refractivity contribution in [2.24, 2.45) is 0 Å². The molecule has 0 spiro atoms. The van der Waals surface area contributed by atoms with Crippen LogP contribution in [0.2, 0.25) is 0 Å². The van der Waals surface area contributed by atoms with Crippen LogP contribution in [0.25, 0.3) is 10.8 Å². The molecule has 0 amide bonds. The lowest BCUT2D eigenvalue weighted by atomic mass is 10.0. The number of ether oxygens (including phenoxy) is 1. The number of aromatic nitrogens is 2. The zero-order valence-electron chi connectivity index (χ0n) is 15.8. The van der Waals surface area contributed by atoms with Gasteiger partial charge in [0.15, 0.2) is 6.10 Å². The molecule has 0 radical (unpaired) electrons. The van der Waals surface area contributed by atoms with Crippen LogP contribution >= 0.6 is 0 Å². The standard InChI is InChI=1S/C21H20N2O5/c1-12-8-9-15(10-13(12)2)19(25)14(3)28-18(24)11-23-21(27)17-7-5-4-6-16(17)20(26)22-23/h4-10,14H,11H2,1-3H3,(H,22,26)/t14-/m0/s1. The number of H-pyrrole nitrogens is 1. The Balaban J connectivity index is 1.77. The Morgan fingerprint density at radius 3 is 2.39 bits per heavy atom. The summed E-state index contributed by atoms with van der Waals surface area (Å²) < 4.78 is 6.07. The van der Waals surface area contributed by atoms with Gasteiger partial charge in [0, 0.05) is 5.56 Å². The molecule has 0 aliphatic rings. The second kappa shape index (κ2) is 7.64. The molecular weight excluding hydrogens is 360 g/mol. The van der Waals surface area contributed by atoms with Crippen LogP contribution in [-0.2, 0) is 16.1 Å². The third-order valence-electron chi connectivity index (χ3n) is 4.64. The predicted octanol–water partition coefficient (Wildman–Crippen LogP) is 2.12. The number of benzene rings is 2. The Bertz CT molecular complexity index is 1190. The highest BCUT2D eigenvalue weighted by Crippen LogP contribution is 2.13. The van der Waals surface area contributed by atoms with Crippen LogP contribution in [0.5, 0.6) is 0 Å². The van der Waals surface area contributed by atoms with E-state index in [1.807, 2.05) is 19.9 Å². The molecule has 1 atom stereocenters. The van der Waals surface area contributed by atoms with Gasteiger partial charge in [0.1, 0.15) is 6.54 Å². The zero-order chi connectivity index (χ0) is 20.4. The van der Waals surface area contributed by atoms with Crippen molar-refractivity contribution in [3.63, 3.8) is 0 Å². The Labute approximate surface area is 160 Å². The predicted molar refractivity (Wildman–Crippen MR) is 105 cm³/mol. The van der Waals surface area contributed by atoms with Gasteiger partial charge in [0.25, 0.3) is 11.1 Å². The molecule has 0 fully saturated rings. The normalized spacial score (nSPS) is 12.0. The van der Waals surface area contributed by atoms with Gasteiger partial charge in [-0.2, -0.15) is 0 Å². The first-order chi connectivity index (χ1) is 13.3. The van der Waals surface area contributed by atoms with Crippen molar-refractivity contribution in [1.82, 2.24) is 9.78 Å². The van der Waals surface area contributed by atoms with Crippen LogP contribution in [0.4, 0.5) is 0 Å². The van der Waals surface area contributed by atoms with Gasteiger partial charge < -0.3 is 4.74 Å². The molecule has 0 aliphatic carbocycles. The van der Waals surface area contributed by atoms with Crippen LogP contribution in [0.15, 0.2) is 52.1 Å². The number of rotatable bonds is 5. The minimum Gasteiger partial charge on any atom is -0.453 e. The molecule has 0 bridgehead atoms. The Morgan fingerprint density at radius 1 is 1.04 bits per heavy atom. The summed E-state index contributed by atoms with van der Waals surface area (Å²) in [6, 6.07) is 11.6. The highest BCUT2D eigenvalue weighted by Gasteiger charge is 2.21. The van der Waals surface area contributed by atoms with Crippen molar-refractivity contribution < 1.29 is 14.3 Å². The highest BCUT2D eigenvalue weighted by atomic mass is 16.5. The first kappa shape index (κ1) is 19.3. The van der Waals surface area contributed by atoms with Gasteiger partial charge in [0.05, 0.1) is 10.8 Å². The van der Waals surface area contributed by atoms with Gasteiger partial charge in [-0.15, -0.1) is 0 Å². The molecule has 2 aromatic carbocycles. The van der Waals surface area contributed by atoms with Crippen molar-refractivity contribution in [2.75, 3.05) is 0 Å². The van der Waals surface area contributed by atoms with Crippen LogP contribution in [0.3, 0.4) is 0 Å². The molecule has 1 aromatic heterocycles. The second-order valence-electron chi connectivity index (χ2n) is 6.67. The first-order valence-electron chi connectivity index (χ1n) is 8.80. The van der Waals surface area contributed by atoms with E-state index in [0.29, 0.717) is 5.56 Å². The minimum atomic E-state index is -1.02. The summed E-state index contributed by atoms with van der Waals surface area (Å²) in [4.78, 5) is 49.2. The van der Waals surface area contributed by atoms with E-state index in [1.165, 1.54) is 19.1 Å². The summed E-state index contributed by atoms with van der Waals surface area (Å²) in [5, 5.41) is 2.81. The molecule has 0 saturated carbocycles. The van der Waals surface area contributed by atoms with Crippen LogP contribution in [0.1, 0.15) is 28.4 Å². The van der Waals surface area contributed by atoms with Crippen LogP contribution in [0, 0.1) is 13.8 Å². The van der Waals surface area contributed by atoms with Crippen molar-refractivity contribution in [3.8, 4) is 0 Å². The number of aryl methyl sites for hydroxylation is 2. The van der Waals surface area contributed by atoms with E-state index in [4.69, 9.17) is 4.74 Å². The smallest absolute Gasteiger partial charge is 0.328 e. The lowest BCUT2D eigenvalue weighted by Gasteiger charge is -2.14. The van der Waals surface area contributed by atoms with E-state index >= 15 is 0 Å². The summed E-state index contributed by atoms with van der Waals surface area (Å²) in [7, 11) is 0. The molecule has 1 heterocycles. The molecule has 0 saturated heterocycles. The van der Waals surface area contributed by atoms with Gasteiger partial charge >= 0.3 is 5.97 Å². The number of nitrogens with zero attached hydrogens (tertiary/aromatic N) is 1. The molecule has 0 aliphatic heterocycles. The largest absolute Gasteiger partial charge is 0.453 e. The molecule has 3 aromatic rings. The fraction of sp³-hybridized carbons (Fsp3) is 0.238. The first-order valence-corrected chi connectivity index (χ1v) is 8.80. The lowest BCUT2D eigenvalue weighted by molar-refractivity contribution is -0.147. The van der Waals surface area contributed by atoms with Crippen molar-refractivity contribution >= 4 is 22.5 Å². The van der Waals surface area contributed by atoms with E-state index < -0.39 is 29.7 Å². The summed E-state index contributed by atoms with van der Waals surface area (Å²) in [6.07, 6.45) is -1.02. The van der Waals surface area contributed by atoms with Crippen molar-refractivity contribution in [2.45, 2.75) is 33.4 Å². The number of ketones is 1. The maximum absolute atomic E-state index is 12.5. The molecule has 7 heteroatoms. The number of carbonyl (C=O) groups excluding carboxylic acids is 2. The Kier molecular flexibility index (Phi) is 5.26. The average molecular weight is 380 g/mol. The molecule has 28 heavy (non-hydrogen) atoms. The van der Waals surface area contributed by atoms with Crippen molar-refractivity contribution in [1.29, 1.82) is 0 Å². The highest BCUT2D eigenvalue weighted by molar-refractivity contribution is 6.00. The summed E-state index contributed by atoms with van der Waals surface area (Å²) in [5.74, 6) is -1.13. The number of fused-ring (bicyclic) bond motifs is 1. The summed E-state index contributed by atoms with van der Waals surface area (Å²) in [6.45, 7) is 4.81. The number of aromatic amines is 1. The Hall–Kier alpha value is -3.48. The fourth-order valence-corrected chi connectivity index (χ4v) is 2.90. The number of hydrogen-bond donors (Lipinski definition) is 1. The minimum absolute atomic E-state index is 0.207. The topological polar surface area (TPSA) is 98.2 Å². The Morgan fingerprint density at radius 2 is 1.71 bits per heavy atom. The molecular formula is C21H20N2O5. The fourth-order valence-electron chi connectivity index (χ4n) is 2.90. The van der Waals surface area contributed by atoms with Crippen LogP contribution in [-0.4, -0.2) is 27.6 Å². The van der Waals surface area contributed by atoms with Gasteiger partial charge in [-0.05, 0) is 50.1 Å². The maximum atomic E-state index is 12.5. The average Bonchev–Trinajstić information content (AvgIpc) is 2.67. The summed E-state index contributed by atoms with van der Waals surface area (Å²) in [5.41, 5.74) is 1.47. The van der Waals surface area contributed by atoms with E-state index in [0.717, 1.165) is 15.8 Å². The maximum Gasteiger partial charge on any atom is 0.328 e. The SMILES string of the molecule is Cc1ccc(C(=O)[C@H](C)OC(=O)Cn2[nH]c(=O)c3ccccc3c2=O)cc1C. The number of nitrogens with one attached hydrogen (secondary N) is 1. The number of Topliss-reactive ketones (excluding diaryl/α,β-unsaturated/α-hetero) is 1. The lowest BCUT2D eigenvalue weighted by Crippen LogP contribution is -2.34. The van der Waals surface area contributed by atoms with Gasteiger partial charge in [-0.25, -0.2) is 4.68 Å². The van der Waals surface area contributed by atoms with Gasteiger partial charge in [-0.1, -0.05) is 24.3 Å². The number of hydrogen-bond acceptors (Lipinski definition) is 5. The van der Waals surface area contributed by atoms with E-state index in [9.17, 15) is 19.2 Å². The molecule has 144 valence electrons. The van der Waals surface area contributed by atoms with Crippen LogP contribution < -0.4 is 11.1 Å². The number of carbonyl (C=O) groups is 2. The monoisotopic (exact) mass is 380 g/mol. The van der Waals surface area contributed by atoms with Gasteiger partial charge in [-0.3, -0.25) is 24.3 Å². The van der Waals surface area contributed by atoms with E-state index in [-0.39, 0.29) is 16.6 Å². The third-order valence-corrected chi connectivity index (χ3v) is 4.64. The molecule has 3 rings (SSSR count). The van der Waals surface area contributed by atoms with Gasteiger partial charge in [0.2, 0.25) is 5.78 Å². The molecule has 7 nitrogen and oxygen atoms in total. The summed E-state index contributed by atoms with van der Waals surface area (Å²) >= 11 is 0. The quantitative estimate of drug-likeness (QED) is 0.540. The van der Waals surface area contributed by atoms with E-state index in [2.05, 4.69) is 5.10 Å². The van der Waals surface area contributed by atoms with Crippen molar-refractivity contribution in [3.05, 3.63) is 79.9 Å². The number of esters is 1. The van der Waals surface area contributed by atoms with E-state index in [1.54, 1.807) is 24.3 Å².